The summed E-state index contributed by atoms with van der Waals surface area (Å²) in [4.78, 5) is 33.4. The number of fused-ring (bicyclic) bond motifs is 2. The van der Waals surface area contributed by atoms with Crippen LogP contribution in [0, 0.1) is 0 Å². The first-order chi connectivity index (χ1) is 18.8. The number of nitrogens with zero attached hydrogens (tertiary/aromatic N) is 7. The first-order valence-electron chi connectivity index (χ1n) is 12.2. The SMILES string of the molecule is c1ccc(-c2nc(-c3cccc(-c4nc(-c5ccccn5)c5ccccc5n4)n3)nc3ccccc23)nc1. The quantitative estimate of drug-likeness (QED) is 0.281. The average Bonchev–Trinajstić information content (AvgIpc) is 3.01. The van der Waals surface area contributed by atoms with Crippen LogP contribution in [0.25, 0.3) is 67.6 Å². The maximum atomic E-state index is 4.91. The largest absolute Gasteiger partial charge is 0.255 e. The van der Waals surface area contributed by atoms with Gasteiger partial charge in [0.2, 0.25) is 0 Å². The summed E-state index contributed by atoms with van der Waals surface area (Å²) in [6.07, 6.45) is 3.53. The predicted molar refractivity (Wildman–Crippen MR) is 148 cm³/mol. The van der Waals surface area contributed by atoms with Crippen molar-refractivity contribution in [3.63, 3.8) is 0 Å². The third-order valence-corrected chi connectivity index (χ3v) is 6.23. The monoisotopic (exact) mass is 489 g/mol. The Morgan fingerprint density at radius 3 is 1.26 bits per heavy atom. The first-order valence-corrected chi connectivity index (χ1v) is 12.2. The van der Waals surface area contributed by atoms with Gasteiger partial charge in [0.1, 0.15) is 22.8 Å². The molecule has 0 radical (unpaired) electrons. The van der Waals surface area contributed by atoms with Gasteiger partial charge in [0.25, 0.3) is 0 Å². The fraction of sp³-hybridized carbons (Fsp3) is 0. The van der Waals surface area contributed by atoms with E-state index in [9.17, 15) is 0 Å². The van der Waals surface area contributed by atoms with E-state index in [2.05, 4.69) is 9.97 Å². The van der Waals surface area contributed by atoms with Crippen LogP contribution in [-0.2, 0) is 0 Å². The Kier molecular flexibility index (Phi) is 5.29. The molecule has 5 heterocycles. The third-order valence-electron chi connectivity index (χ3n) is 6.23. The molecule has 0 amide bonds. The van der Waals surface area contributed by atoms with Gasteiger partial charge in [-0.15, -0.1) is 0 Å². The molecular formula is C31H19N7. The molecule has 0 aliphatic carbocycles. The van der Waals surface area contributed by atoms with Gasteiger partial charge in [-0.25, -0.2) is 24.9 Å². The van der Waals surface area contributed by atoms with E-state index in [1.165, 1.54) is 0 Å². The minimum absolute atomic E-state index is 0.511. The van der Waals surface area contributed by atoms with Crippen LogP contribution in [-0.4, -0.2) is 34.9 Å². The highest BCUT2D eigenvalue weighted by Gasteiger charge is 2.16. The van der Waals surface area contributed by atoms with Crippen LogP contribution in [0.1, 0.15) is 0 Å². The van der Waals surface area contributed by atoms with Gasteiger partial charge in [-0.3, -0.25) is 9.97 Å². The van der Waals surface area contributed by atoms with Crippen molar-refractivity contribution in [3.05, 3.63) is 116 Å². The van der Waals surface area contributed by atoms with Gasteiger partial charge in [-0.1, -0.05) is 54.6 Å². The lowest BCUT2D eigenvalue weighted by atomic mass is 10.1. The first kappa shape index (κ1) is 21.8. The van der Waals surface area contributed by atoms with Crippen LogP contribution in [0.15, 0.2) is 116 Å². The van der Waals surface area contributed by atoms with Crippen molar-refractivity contribution in [2.75, 3.05) is 0 Å². The molecular weight excluding hydrogens is 470 g/mol. The fourth-order valence-electron chi connectivity index (χ4n) is 4.46. The normalized spacial score (nSPS) is 11.2. The van der Waals surface area contributed by atoms with Crippen molar-refractivity contribution in [3.8, 4) is 45.8 Å². The molecule has 2 aromatic carbocycles. The van der Waals surface area contributed by atoms with Crippen LogP contribution in [0.2, 0.25) is 0 Å². The Morgan fingerprint density at radius 1 is 0.342 bits per heavy atom. The Labute approximate surface area is 218 Å². The summed E-state index contributed by atoms with van der Waals surface area (Å²) in [5, 5.41) is 1.87. The van der Waals surface area contributed by atoms with Gasteiger partial charge in [-0.2, -0.15) is 0 Å². The molecule has 178 valence electrons. The summed E-state index contributed by atoms with van der Waals surface area (Å²) in [5.74, 6) is 1.02. The van der Waals surface area contributed by atoms with Gasteiger partial charge in [0.15, 0.2) is 11.6 Å². The van der Waals surface area contributed by atoms with Crippen molar-refractivity contribution in [2.45, 2.75) is 0 Å². The number of pyridine rings is 3. The summed E-state index contributed by atoms with van der Waals surface area (Å²) >= 11 is 0. The molecule has 7 rings (SSSR count). The Balaban J connectivity index is 1.40. The van der Waals surface area contributed by atoms with Crippen molar-refractivity contribution < 1.29 is 0 Å². The van der Waals surface area contributed by atoms with Crippen LogP contribution in [0.5, 0.6) is 0 Å². The maximum absolute atomic E-state index is 4.91. The number of rotatable bonds is 4. The Hall–Kier alpha value is -5.43. The van der Waals surface area contributed by atoms with E-state index in [-0.39, 0.29) is 0 Å². The maximum Gasteiger partial charge on any atom is 0.179 e. The minimum Gasteiger partial charge on any atom is -0.255 e. The average molecular weight is 490 g/mol. The number of benzene rings is 2. The van der Waals surface area contributed by atoms with E-state index < -0.39 is 0 Å². The molecule has 0 saturated heterocycles. The second-order valence-corrected chi connectivity index (χ2v) is 8.66. The number of hydrogen-bond donors (Lipinski definition) is 0. The van der Waals surface area contributed by atoms with E-state index in [0.29, 0.717) is 23.0 Å². The van der Waals surface area contributed by atoms with Crippen LogP contribution in [0.4, 0.5) is 0 Å². The highest BCUT2D eigenvalue weighted by molar-refractivity contribution is 5.93. The molecule has 38 heavy (non-hydrogen) atoms. The molecule has 7 heteroatoms. The summed E-state index contributed by atoms with van der Waals surface area (Å²) in [7, 11) is 0. The standard InChI is InChI=1S/C31H19N7/c1-3-12-22-20(10-1)28(24-14-5-7-18-32-24)37-30(35-22)26-16-9-17-27(34-26)31-36-23-13-4-2-11-21(23)29(38-31)25-15-6-8-19-33-25/h1-19H. The highest BCUT2D eigenvalue weighted by Crippen LogP contribution is 2.30. The van der Waals surface area contributed by atoms with Gasteiger partial charge >= 0.3 is 0 Å². The van der Waals surface area contributed by atoms with Crippen molar-refractivity contribution in [2.24, 2.45) is 0 Å². The van der Waals surface area contributed by atoms with Gasteiger partial charge in [0.05, 0.1) is 22.4 Å². The Morgan fingerprint density at radius 2 is 0.789 bits per heavy atom. The smallest absolute Gasteiger partial charge is 0.179 e. The van der Waals surface area contributed by atoms with Crippen LogP contribution in [0.3, 0.4) is 0 Å². The zero-order valence-corrected chi connectivity index (χ0v) is 20.1. The third kappa shape index (κ3) is 3.92. The molecule has 7 nitrogen and oxygen atoms in total. The fourth-order valence-corrected chi connectivity index (χ4v) is 4.46. The second kappa shape index (κ2) is 9.22. The molecule has 0 aliphatic heterocycles. The van der Waals surface area contributed by atoms with Gasteiger partial charge in [0, 0.05) is 23.2 Å². The molecule has 0 bridgehead atoms. The number of para-hydroxylation sites is 2. The van der Waals surface area contributed by atoms with E-state index in [4.69, 9.17) is 24.9 Å². The molecule has 0 saturated carbocycles. The Bertz CT molecular complexity index is 1780. The molecule has 0 aliphatic rings. The minimum atomic E-state index is 0.511. The van der Waals surface area contributed by atoms with Crippen LogP contribution >= 0.6 is 0 Å². The van der Waals surface area contributed by atoms with Gasteiger partial charge in [-0.05, 0) is 48.5 Å². The van der Waals surface area contributed by atoms with Crippen molar-refractivity contribution in [1.82, 2.24) is 34.9 Å². The zero-order chi connectivity index (χ0) is 25.3. The molecule has 7 aromatic rings. The molecule has 0 spiro atoms. The molecule has 0 fully saturated rings. The number of aromatic nitrogens is 7. The zero-order valence-electron chi connectivity index (χ0n) is 20.1. The van der Waals surface area contributed by atoms with E-state index in [0.717, 1.165) is 44.6 Å². The molecule has 0 N–H and O–H groups in total. The van der Waals surface area contributed by atoms with Crippen LogP contribution < -0.4 is 0 Å². The summed E-state index contributed by atoms with van der Waals surface area (Å²) in [6, 6.07) is 33.2. The lowest BCUT2D eigenvalue weighted by Gasteiger charge is -2.10. The molecule has 0 atom stereocenters. The van der Waals surface area contributed by atoms with E-state index in [1.54, 1.807) is 12.4 Å². The highest BCUT2D eigenvalue weighted by atomic mass is 15.0. The lowest BCUT2D eigenvalue weighted by molar-refractivity contribution is 1.14. The van der Waals surface area contributed by atoms with E-state index in [1.807, 2.05) is 103 Å². The molecule has 5 aromatic heterocycles. The van der Waals surface area contributed by atoms with Crippen molar-refractivity contribution >= 4 is 21.8 Å². The summed E-state index contributed by atoms with van der Waals surface area (Å²) < 4.78 is 0. The van der Waals surface area contributed by atoms with E-state index >= 15 is 0 Å². The van der Waals surface area contributed by atoms with Crippen molar-refractivity contribution in [1.29, 1.82) is 0 Å². The summed E-state index contributed by atoms with van der Waals surface area (Å²) in [5.41, 5.74) is 5.98. The molecule has 0 unspecified atom stereocenters. The summed E-state index contributed by atoms with van der Waals surface area (Å²) in [6.45, 7) is 0. The lowest BCUT2D eigenvalue weighted by Crippen LogP contribution is -2.00. The topological polar surface area (TPSA) is 90.2 Å². The second-order valence-electron chi connectivity index (χ2n) is 8.66. The van der Waals surface area contributed by atoms with Gasteiger partial charge < -0.3 is 0 Å². The predicted octanol–water partition coefficient (Wildman–Crippen LogP) is 6.43. The number of hydrogen-bond acceptors (Lipinski definition) is 7.